The van der Waals surface area contributed by atoms with Crippen LogP contribution in [0.2, 0.25) is 0 Å². The van der Waals surface area contributed by atoms with Crippen molar-refractivity contribution in [3.05, 3.63) is 33.5 Å². The molecule has 0 saturated carbocycles. The Hall–Kier alpha value is -1.23. The summed E-state index contributed by atoms with van der Waals surface area (Å²) in [5.41, 5.74) is 0.0450. The molecule has 1 heterocycles. The van der Waals surface area contributed by atoms with Crippen LogP contribution in [-0.4, -0.2) is 14.8 Å². The smallest absolute Gasteiger partial charge is 0.277 e. The van der Waals surface area contributed by atoms with E-state index in [-0.39, 0.29) is 11.0 Å². The molecule has 0 fully saturated rings. The van der Waals surface area contributed by atoms with Crippen molar-refractivity contribution in [3.8, 4) is 0 Å². The van der Waals surface area contributed by atoms with E-state index in [1.54, 1.807) is 6.08 Å². The van der Waals surface area contributed by atoms with Crippen LogP contribution < -0.4 is 5.56 Å². The molecule has 0 aliphatic heterocycles. The lowest BCUT2D eigenvalue weighted by molar-refractivity contribution is 0.525. The van der Waals surface area contributed by atoms with Crippen molar-refractivity contribution < 1.29 is 0 Å². The van der Waals surface area contributed by atoms with Gasteiger partial charge in [0.05, 0.1) is 0 Å². The zero-order valence-electron chi connectivity index (χ0n) is 9.20. The van der Waals surface area contributed by atoms with Crippen LogP contribution in [0.25, 0.3) is 0 Å². The van der Waals surface area contributed by atoms with Gasteiger partial charge >= 0.3 is 0 Å². The Morgan fingerprint density at radius 3 is 2.67 bits per heavy atom. The summed E-state index contributed by atoms with van der Waals surface area (Å²) in [4.78, 5) is 12.0. The summed E-state index contributed by atoms with van der Waals surface area (Å²) in [5.74, 6) is 0. The van der Waals surface area contributed by atoms with Crippen molar-refractivity contribution >= 4 is 12.2 Å². The van der Waals surface area contributed by atoms with Gasteiger partial charge in [0.1, 0.15) is 5.69 Å². The van der Waals surface area contributed by atoms with Gasteiger partial charge in [-0.2, -0.15) is 5.10 Å². The van der Waals surface area contributed by atoms with Crippen molar-refractivity contribution in [1.82, 2.24) is 14.8 Å². The monoisotopic (exact) mass is 225 g/mol. The maximum absolute atomic E-state index is 12.0. The van der Waals surface area contributed by atoms with E-state index in [1.165, 1.54) is 4.57 Å². The minimum Gasteiger partial charge on any atom is -0.279 e. The molecule has 0 aromatic carbocycles. The molecule has 5 heteroatoms. The molecule has 0 aliphatic carbocycles. The van der Waals surface area contributed by atoms with Crippen LogP contribution in [0.4, 0.5) is 0 Å². The second kappa shape index (κ2) is 4.10. The predicted octanol–water partition coefficient (Wildman–Crippen LogP) is 1.78. The average Bonchev–Trinajstić information content (AvgIpc) is 2.09. The third kappa shape index (κ3) is 2.41. The highest BCUT2D eigenvalue weighted by Gasteiger charge is 2.21. The van der Waals surface area contributed by atoms with Gasteiger partial charge < -0.3 is 0 Å². The molecular weight excluding hydrogens is 210 g/mol. The molecule has 1 aromatic rings. The number of hydrogen-bond donors (Lipinski definition) is 1. The van der Waals surface area contributed by atoms with Gasteiger partial charge in [0.2, 0.25) is 0 Å². The Morgan fingerprint density at radius 1 is 1.60 bits per heavy atom. The van der Waals surface area contributed by atoms with Crippen LogP contribution in [0.5, 0.6) is 0 Å². The fourth-order valence-electron chi connectivity index (χ4n) is 1.22. The minimum absolute atomic E-state index is 0.147. The molecule has 1 rings (SSSR count). The number of rotatable bonds is 2. The third-order valence-electron chi connectivity index (χ3n) is 1.98. The molecule has 0 saturated heterocycles. The van der Waals surface area contributed by atoms with Crippen molar-refractivity contribution in [2.24, 2.45) is 0 Å². The first-order valence-electron chi connectivity index (χ1n) is 4.69. The normalized spacial score (nSPS) is 11.4. The summed E-state index contributed by atoms with van der Waals surface area (Å²) in [6, 6.07) is 0. The van der Waals surface area contributed by atoms with Crippen molar-refractivity contribution in [1.29, 1.82) is 0 Å². The van der Waals surface area contributed by atoms with E-state index in [9.17, 15) is 4.79 Å². The van der Waals surface area contributed by atoms with Crippen LogP contribution in [0.15, 0.2) is 17.4 Å². The number of nitrogens with one attached hydrogen (secondary N) is 1. The van der Waals surface area contributed by atoms with Crippen molar-refractivity contribution in [2.45, 2.75) is 32.7 Å². The lowest BCUT2D eigenvalue weighted by Gasteiger charge is -2.17. The summed E-state index contributed by atoms with van der Waals surface area (Å²) in [6.45, 7) is 9.80. The topological polar surface area (TPSA) is 50.7 Å². The number of H-pyrrole nitrogens is 1. The summed E-state index contributed by atoms with van der Waals surface area (Å²) >= 11 is 4.98. The zero-order valence-corrected chi connectivity index (χ0v) is 10.0. The number of nitrogens with zero attached hydrogens (tertiary/aromatic N) is 2. The highest BCUT2D eigenvalue weighted by Crippen LogP contribution is 2.15. The largest absolute Gasteiger partial charge is 0.279 e. The Morgan fingerprint density at radius 2 is 2.20 bits per heavy atom. The number of allylic oxidation sites excluding steroid dienone is 1. The molecule has 0 atom stereocenters. The molecule has 0 amide bonds. The van der Waals surface area contributed by atoms with E-state index in [1.807, 2.05) is 20.8 Å². The quantitative estimate of drug-likeness (QED) is 0.616. The Bertz CT molecular complexity index is 479. The van der Waals surface area contributed by atoms with Crippen molar-refractivity contribution in [3.63, 3.8) is 0 Å². The Labute approximate surface area is 93.7 Å². The van der Waals surface area contributed by atoms with Crippen LogP contribution in [-0.2, 0) is 12.0 Å². The minimum atomic E-state index is -0.292. The molecule has 15 heavy (non-hydrogen) atoms. The number of aromatic nitrogens is 3. The zero-order chi connectivity index (χ0) is 11.6. The van der Waals surface area contributed by atoms with E-state index < -0.39 is 0 Å². The Kier molecular flexibility index (Phi) is 3.24. The fourth-order valence-corrected chi connectivity index (χ4v) is 1.42. The SMILES string of the molecule is C=CCn1c(=S)[nH]nc(C(C)(C)C)c1=O. The van der Waals surface area contributed by atoms with Crippen LogP contribution >= 0.6 is 12.2 Å². The first kappa shape index (κ1) is 11.8. The first-order chi connectivity index (χ1) is 6.88. The Balaban J connectivity index is 3.49. The van der Waals surface area contributed by atoms with Gasteiger partial charge in [-0.1, -0.05) is 26.8 Å². The van der Waals surface area contributed by atoms with E-state index in [2.05, 4.69) is 16.8 Å². The standard InChI is InChI=1S/C10H15N3OS/c1-5-6-13-8(14)7(10(2,3)4)11-12-9(13)15/h5H,1,6H2,2-4H3,(H,12,15). The van der Waals surface area contributed by atoms with Gasteiger partial charge in [-0.15, -0.1) is 6.58 Å². The van der Waals surface area contributed by atoms with Gasteiger partial charge in [0.25, 0.3) is 5.56 Å². The van der Waals surface area contributed by atoms with Gasteiger partial charge in [0, 0.05) is 12.0 Å². The molecular formula is C10H15N3OS. The molecule has 0 bridgehead atoms. The summed E-state index contributed by atoms with van der Waals surface area (Å²) < 4.78 is 1.78. The second-order valence-corrected chi connectivity index (χ2v) is 4.72. The maximum atomic E-state index is 12.0. The maximum Gasteiger partial charge on any atom is 0.277 e. The first-order valence-corrected chi connectivity index (χ1v) is 5.09. The molecule has 4 nitrogen and oxygen atoms in total. The van der Waals surface area contributed by atoms with E-state index in [4.69, 9.17) is 12.2 Å². The van der Waals surface area contributed by atoms with Gasteiger partial charge in [-0.05, 0) is 12.2 Å². The van der Waals surface area contributed by atoms with E-state index in [0.717, 1.165) is 0 Å². The highest BCUT2D eigenvalue weighted by atomic mass is 32.1. The van der Waals surface area contributed by atoms with Crippen LogP contribution in [0, 0.1) is 4.77 Å². The lowest BCUT2D eigenvalue weighted by atomic mass is 9.93. The third-order valence-corrected chi connectivity index (χ3v) is 2.29. The average molecular weight is 225 g/mol. The molecule has 1 aromatic heterocycles. The molecule has 82 valence electrons. The molecule has 0 aliphatic rings. The predicted molar refractivity (Wildman–Crippen MR) is 62.6 cm³/mol. The molecule has 0 unspecified atom stereocenters. The highest BCUT2D eigenvalue weighted by molar-refractivity contribution is 7.71. The lowest BCUT2D eigenvalue weighted by Crippen LogP contribution is -2.33. The fraction of sp³-hybridized carbons (Fsp3) is 0.500. The molecule has 1 N–H and O–H groups in total. The van der Waals surface area contributed by atoms with Crippen LogP contribution in [0.1, 0.15) is 26.5 Å². The van der Waals surface area contributed by atoms with Gasteiger partial charge in [0.15, 0.2) is 4.77 Å². The van der Waals surface area contributed by atoms with Crippen LogP contribution in [0.3, 0.4) is 0 Å². The second-order valence-electron chi connectivity index (χ2n) is 4.33. The summed E-state index contributed by atoms with van der Waals surface area (Å²) in [6.07, 6.45) is 1.64. The van der Waals surface area contributed by atoms with E-state index in [0.29, 0.717) is 17.0 Å². The molecule has 0 spiro atoms. The molecule has 0 radical (unpaired) electrons. The summed E-state index contributed by atoms with van der Waals surface area (Å²) in [5, 5.41) is 6.68. The number of aromatic amines is 1. The van der Waals surface area contributed by atoms with Gasteiger partial charge in [-0.3, -0.25) is 14.5 Å². The van der Waals surface area contributed by atoms with Crippen molar-refractivity contribution in [2.75, 3.05) is 0 Å². The van der Waals surface area contributed by atoms with E-state index >= 15 is 0 Å². The van der Waals surface area contributed by atoms with Gasteiger partial charge in [-0.25, -0.2) is 0 Å². The number of hydrogen-bond acceptors (Lipinski definition) is 3. The summed E-state index contributed by atoms with van der Waals surface area (Å²) in [7, 11) is 0.